The van der Waals surface area contributed by atoms with Crippen molar-refractivity contribution in [3.63, 3.8) is 0 Å². The second kappa shape index (κ2) is 17.0. The summed E-state index contributed by atoms with van der Waals surface area (Å²) in [7, 11) is -4.06. The first-order valence-corrected chi connectivity index (χ1v) is 12.6. The fraction of sp³-hybridized carbons (Fsp3) is 1.00. The van der Waals surface area contributed by atoms with Crippen molar-refractivity contribution in [1.29, 1.82) is 0 Å². The van der Waals surface area contributed by atoms with Crippen molar-refractivity contribution < 1.29 is 18.1 Å². The molecule has 0 saturated heterocycles. The van der Waals surface area contributed by atoms with E-state index < -0.39 is 21.5 Å². The van der Waals surface area contributed by atoms with Gasteiger partial charge in [0.2, 0.25) is 0 Å². The summed E-state index contributed by atoms with van der Waals surface area (Å²) < 4.78 is 32.4. The van der Waals surface area contributed by atoms with Crippen molar-refractivity contribution in [2.24, 2.45) is 0 Å². The van der Waals surface area contributed by atoms with E-state index in [-0.39, 0.29) is 6.42 Å². The van der Waals surface area contributed by atoms with Crippen molar-refractivity contribution >= 4 is 10.1 Å². The number of rotatable bonds is 19. The maximum absolute atomic E-state index is 11.5. The van der Waals surface area contributed by atoms with Gasteiger partial charge in [0.25, 0.3) is 10.1 Å². The van der Waals surface area contributed by atoms with Gasteiger partial charge in [-0.15, -0.1) is 0 Å². The Morgan fingerprint density at radius 1 is 0.654 bits per heavy atom. The molecule has 0 aliphatic carbocycles. The van der Waals surface area contributed by atoms with E-state index in [0.29, 0.717) is 12.8 Å². The van der Waals surface area contributed by atoms with Crippen LogP contribution >= 0.6 is 0 Å². The Kier molecular flexibility index (Phi) is 16.9. The lowest BCUT2D eigenvalue weighted by Gasteiger charge is -2.17. The van der Waals surface area contributed by atoms with Crippen molar-refractivity contribution in [2.45, 2.75) is 134 Å². The Bertz CT molecular complexity index is 395. The van der Waals surface area contributed by atoms with Crippen molar-refractivity contribution in [3.05, 3.63) is 0 Å². The summed E-state index contributed by atoms with van der Waals surface area (Å²) >= 11 is 0. The zero-order chi connectivity index (χ0) is 19.7. The number of hydrogen-bond acceptors (Lipinski definition) is 3. The lowest BCUT2D eigenvalue weighted by molar-refractivity contribution is 0.147. The average Bonchev–Trinajstić information content (AvgIpc) is 2.58. The molecule has 26 heavy (non-hydrogen) atoms. The lowest BCUT2D eigenvalue weighted by atomic mass is 10.0. The molecular weight excluding hydrogens is 348 g/mol. The summed E-state index contributed by atoms with van der Waals surface area (Å²) in [6.45, 7) is 4.28. The standard InChI is InChI=1S/C21H44O4S/c1-3-5-7-8-9-10-11-12-13-14-15-16-18-21(26(23,24)25)19-20(22)17-6-4-2/h20-22H,3-19H2,1-2H3,(H,23,24,25). The molecule has 0 aliphatic heterocycles. The maximum Gasteiger partial charge on any atom is 0.267 e. The van der Waals surface area contributed by atoms with E-state index >= 15 is 0 Å². The Balaban J connectivity index is 3.70. The van der Waals surface area contributed by atoms with E-state index in [9.17, 15) is 18.1 Å². The van der Waals surface area contributed by atoms with E-state index in [1.54, 1.807) is 0 Å². The fourth-order valence-corrected chi connectivity index (χ4v) is 4.39. The van der Waals surface area contributed by atoms with Crippen molar-refractivity contribution in [3.8, 4) is 0 Å². The maximum atomic E-state index is 11.5. The molecule has 0 aliphatic rings. The molecule has 5 heteroatoms. The quantitative estimate of drug-likeness (QED) is 0.200. The molecule has 158 valence electrons. The molecule has 0 spiro atoms. The molecular formula is C21H44O4S. The summed E-state index contributed by atoms with van der Waals surface area (Å²) in [5.74, 6) is 0. The zero-order valence-corrected chi connectivity index (χ0v) is 18.1. The van der Waals surface area contributed by atoms with Gasteiger partial charge in [0.1, 0.15) is 0 Å². The highest BCUT2D eigenvalue weighted by Gasteiger charge is 2.25. The highest BCUT2D eigenvalue weighted by molar-refractivity contribution is 7.86. The highest BCUT2D eigenvalue weighted by Crippen LogP contribution is 2.19. The van der Waals surface area contributed by atoms with Gasteiger partial charge in [0, 0.05) is 0 Å². The summed E-state index contributed by atoms with van der Waals surface area (Å²) in [5, 5.41) is 9.12. The van der Waals surface area contributed by atoms with Crippen LogP contribution in [0.15, 0.2) is 0 Å². The minimum Gasteiger partial charge on any atom is -0.393 e. The van der Waals surface area contributed by atoms with Crippen LogP contribution in [0.5, 0.6) is 0 Å². The van der Waals surface area contributed by atoms with Gasteiger partial charge in [-0.25, -0.2) is 0 Å². The Hall–Kier alpha value is -0.130. The summed E-state index contributed by atoms with van der Waals surface area (Å²) in [6, 6.07) is 0. The molecule has 0 radical (unpaired) electrons. The highest BCUT2D eigenvalue weighted by atomic mass is 32.2. The predicted octanol–water partition coefficient (Wildman–Crippen LogP) is 6.28. The SMILES string of the molecule is CCCCCCCCCCCCCCC(CC(O)CCCC)S(=O)(=O)O. The molecule has 0 fully saturated rings. The molecule has 0 aromatic carbocycles. The van der Waals surface area contributed by atoms with E-state index in [0.717, 1.165) is 32.1 Å². The van der Waals surface area contributed by atoms with Gasteiger partial charge in [0.15, 0.2) is 0 Å². The molecule has 2 N–H and O–H groups in total. The van der Waals surface area contributed by atoms with Crippen LogP contribution in [0.2, 0.25) is 0 Å². The average molecular weight is 393 g/mol. The Labute approximate surface area is 162 Å². The first kappa shape index (κ1) is 25.9. The summed E-state index contributed by atoms with van der Waals surface area (Å²) in [4.78, 5) is 0. The van der Waals surface area contributed by atoms with Gasteiger partial charge < -0.3 is 5.11 Å². The largest absolute Gasteiger partial charge is 0.393 e. The molecule has 0 bridgehead atoms. The van der Waals surface area contributed by atoms with Crippen LogP contribution < -0.4 is 0 Å². The third-order valence-corrected chi connectivity index (χ3v) is 6.50. The third kappa shape index (κ3) is 16.1. The minimum atomic E-state index is -4.06. The van der Waals surface area contributed by atoms with Gasteiger partial charge in [-0.3, -0.25) is 4.55 Å². The van der Waals surface area contributed by atoms with Crippen LogP contribution in [-0.2, 0) is 10.1 Å². The molecule has 0 aromatic heterocycles. The first-order valence-electron chi connectivity index (χ1n) is 11.1. The van der Waals surface area contributed by atoms with Crippen LogP contribution in [0.4, 0.5) is 0 Å². The van der Waals surface area contributed by atoms with E-state index in [1.807, 2.05) is 6.92 Å². The zero-order valence-electron chi connectivity index (χ0n) is 17.3. The third-order valence-electron chi connectivity index (χ3n) is 5.23. The Morgan fingerprint density at radius 2 is 1.08 bits per heavy atom. The lowest BCUT2D eigenvalue weighted by Crippen LogP contribution is -2.26. The summed E-state index contributed by atoms with van der Waals surface area (Å²) in [6.07, 6.45) is 17.3. The van der Waals surface area contributed by atoms with Gasteiger partial charge >= 0.3 is 0 Å². The summed E-state index contributed by atoms with van der Waals surface area (Å²) in [5.41, 5.74) is 0. The van der Waals surface area contributed by atoms with Gasteiger partial charge in [-0.1, -0.05) is 104 Å². The van der Waals surface area contributed by atoms with Crippen LogP contribution in [0.3, 0.4) is 0 Å². The van der Waals surface area contributed by atoms with Crippen LogP contribution in [0, 0.1) is 0 Å². The van der Waals surface area contributed by atoms with Crippen LogP contribution in [-0.4, -0.2) is 29.4 Å². The van der Waals surface area contributed by atoms with Gasteiger partial charge in [0.05, 0.1) is 11.4 Å². The number of aliphatic hydroxyl groups is 1. The molecule has 0 rings (SSSR count). The smallest absolute Gasteiger partial charge is 0.267 e. The normalized spacial score (nSPS) is 14.5. The van der Waals surface area contributed by atoms with E-state index in [4.69, 9.17) is 0 Å². The first-order chi connectivity index (χ1) is 12.4. The fourth-order valence-electron chi connectivity index (χ4n) is 3.46. The molecule has 2 atom stereocenters. The number of unbranched alkanes of at least 4 members (excludes halogenated alkanes) is 12. The molecule has 0 saturated carbocycles. The Morgan fingerprint density at radius 3 is 1.50 bits per heavy atom. The van der Waals surface area contributed by atoms with Gasteiger partial charge in [-0.05, 0) is 19.3 Å². The topological polar surface area (TPSA) is 74.6 Å². The van der Waals surface area contributed by atoms with Gasteiger partial charge in [-0.2, -0.15) is 8.42 Å². The molecule has 4 nitrogen and oxygen atoms in total. The van der Waals surface area contributed by atoms with Crippen molar-refractivity contribution in [1.82, 2.24) is 0 Å². The molecule has 0 aromatic rings. The predicted molar refractivity (Wildman–Crippen MR) is 111 cm³/mol. The van der Waals surface area contributed by atoms with E-state index in [1.165, 1.54) is 57.8 Å². The second-order valence-electron chi connectivity index (χ2n) is 7.85. The van der Waals surface area contributed by atoms with E-state index in [2.05, 4.69) is 6.92 Å². The van der Waals surface area contributed by atoms with Crippen molar-refractivity contribution in [2.75, 3.05) is 0 Å². The number of aliphatic hydroxyl groups excluding tert-OH is 1. The monoisotopic (exact) mass is 392 g/mol. The second-order valence-corrected chi connectivity index (χ2v) is 9.54. The minimum absolute atomic E-state index is 0.164. The molecule has 0 heterocycles. The molecule has 0 amide bonds. The number of hydrogen-bond donors (Lipinski definition) is 2. The van der Waals surface area contributed by atoms with Crippen LogP contribution in [0.1, 0.15) is 123 Å². The van der Waals surface area contributed by atoms with Crippen LogP contribution in [0.25, 0.3) is 0 Å². The molecule has 2 unspecified atom stereocenters.